The van der Waals surface area contributed by atoms with E-state index in [0.717, 1.165) is 4.90 Å². The number of nitrogens with one attached hydrogen (secondary N) is 1. The van der Waals surface area contributed by atoms with Gasteiger partial charge >= 0.3 is 6.03 Å². The smallest absolute Gasteiger partial charge is 0.325 e. The summed E-state index contributed by atoms with van der Waals surface area (Å²) in [6.45, 7) is 0.665. The first kappa shape index (κ1) is 16.9. The molecule has 2 aromatic carbocycles. The topological polar surface area (TPSA) is 58.6 Å². The van der Waals surface area contributed by atoms with Crippen molar-refractivity contribution in [3.05, 3.63) is 59.9 Å². The number of ether oxygens (including phenoxy) is 1. The summed E-state index contributed by atoms with van der Waals surface area (Å²) in [6, 6.07) is 13.1. The largest absolute Gasteiger partial charge is 0.493 e. The van der Waals surface area contributed by atoms with Gasteiger partial charge in [-0.2, -0.15) is 0 Å². The number of thioether (sulfide) groups is 1. The Balaban J connectivity index is 1.49. The molecule has 2 aliphatic rings. The first-order chi connectivity index (χ1) is 12.6. The van der Waals surface area contributed by atoms with Crippen molar-refractivity contribution in [3.8, 4) is 5.75 Å². The SMILES string of the molecule is O=C1NC2(CCOc3ccccc32)C(=O)N1CCSc1ccc(F)cc1. The maximum Gasteiger partial charge on any atom is 0.325 e. The predicted molar refractivity (Wildman–Crippen MR) is 95.6 cm³/mol. The van der Waals surface area contributed by atoms with Crippen molar-refractivity contribution in [2.75, 3.05) is 18.9 Å². The number of carbonyl (C=O) groups excluding carboxylic acids is 2. The third-order valence-electron chi connectivity index (χ3n) is 4.65. The lowest BCUT2D eigenvalue weighted by atomic mass is 9.84. The van der Waals surface area contributed by atoms with E-state index in [0.29, 0.717) is 30.1 Å². The number of fused-ring (bicyclic) bond motifs is 2. The molecule has 1 unspecified atom stereocenters. The van der Waals surface area contributed by atoms with Crippen molar-refractivity contribution in [3.63, 3.8) is 0 Å². The van der Waals surface area contributed by atoms with E-state index in [-0.39, 0.29) is 24.3 Å². The van der Waals surface area contributed by atoms with E-state index in [1.807, 2.05) is 24.3 Å². The van der Waals surface area contributed by atoms with Crippen LogP contribution in [0, 0.1) is 5.82 Å². The normalized spacial score (nSPS) is 21.5. The molecule has 1 atom stereocenters. The molecule has 4 rings (SSSR count). The number of amides is 3. The maximum atomic E-state index is 13.1. The molecule has 0 saturated carbocycles. The lowest BCUT2D eigenvalue weighted by Crippen LogP contribution is -2.47. The number of halogens is 1. The monoisotopic (exact) mass is 372 g/mol. The number of hydrogen-bond acceptors (Lipinski definition) is 4. The second-order valence-electron chi connectivity index (χ2n) is 6.19. The van der Waals surface area contributed by atoms with Gasteiger partial charge in [-0.25, -0.2) is 9.18 Å². The molecule has 1 N–H and O–H groups in total. The molecule has 2 aromatic rings. The van der Waals surface area contributed by atoms with Crippen LogP contribution in [-0.2, 0) is 10.3 Å². The molecule has 7 heteroatoms. The highest BCUT2D eigenvalue weighted by Gasteiger charge is 2.54. The summed E-state index contributed by atoms with van der Waals surface area (Å²) in [5.41, 5.74) is -0.329. The average molecular weight is 372 g/mol. The van der Waals surface area contributed by atoms with E-state index in [2.05, 4.69) is 5.32 Å². The Labute approximate surface area is 154 Å². The van der Waals surface area contributed by atoms with E-state index in [1.54, 1.807) is 12.1 Å². The molecular weight excluding hydrogens is 355 g/mol. The number of hydrogen-bond donors (Lipinski definition) is 1. The second kappa shape index (κ2) is 6.64. The zero-order valence-electron chi connectivity index (χ0n) is 13.9. The van der Waals surface area contributed by atoms with Crippen LogP contribution in [0.4, 0.5) is 9.18 Å². The molecule has 0 aliphatic carbocycles. The van der Waals surface area contributed by atoms with Crippen LogP contribution in [0.2, 0.25) is 0 Å². The van der Waals surface area contributed by atoms with Crippen LogP contribution in [0.25, 0.3) is 0 Å². The molecule has 134 valence electrons. The van der Waals surface area contributed by atoms with Crippen molar-refractivity contribution < 1.29 is 18.7 Å². The van der Waals surface area contributed by atoms with Gasteiger partial charge in [0.1, 0.15) is 11.6 Å². The Kier molecular flexibility index (Phi) is 4.32. The molecule has 0 radical (unpaired) electrons. The quantitative estimate of drug-likeness (QED) is 0.662. The Morgan fingerprint density at radius 2 is 1.92 bits per heavy atom. The van der Waals surface area contributed by atoms with Gasteiger partial charge in [-0.15, -0.1) is 11.8 Å². The summed E-state index contributed by atoms with van der Waals surface area (Å²) in [5.74, 6) is 0.649. The Morgan fingerprint density at radius 3 is 2.73 bits per heavy atom. The summed E-state index contributed by atoms with van der Waals surface area (Å²) in [5, 5.41) is 2.88. The highest BCUT2D eigenvalue weighted by atomic mass is 32.2. The number of rotatable bonds is 4. The molecule has 3 amide bonds. The molecular formula is C19H17FN2O3S. The summed E-state index contributed by atoms with van der Waals surface area (Å²) in [4.78, 5) is 27.7. The van der Waals surface area contributed by atoms with Crippen molar-refractivity contribution in [2.45, 2.75) is 16.9 Å². The van der Waals surface area contributed by atoms with Gasteiger partial charge in [-0.05, 0) is 30.3 Å². The number of urea groups is 1. The van der Waals surface area contributed by atoms with E-state index in [9.17, 15) is 14.0 Å². The summed E-state index contributed by atoms with van der Waals surface area (Å²) in [6.07, 6.45) is 0.413. The highest BCUT2D eigenvalue weighted by Crippen LogP contribution is 2.41. The molecule has 26 heavy (non-hydrogen) atoms. The minimum absolute atomic E-state index is 0.238. The van der Waals surface area contributed by atoms with Crippen molar-refractivity contribution >= 4 is 23.7 Å². The summed E-state index contributed by atoms with van der Waals surface area (Å²) < 4.78 is 18.6. The molecule has 5 nitrogen and oxygen atoms in total. The van der Waals surface area contributed by atoms with Crippen LogP contribution in [0.15, 0.2) is 53.4 Å². The number of carbonyl (C=O) groups is 2. The van der Waals surface area contributed by atoms with Crippen LogP contribution >= 0.6 is 11.8 Å². The second-order valence-corrected chi connectivity index (χ2v) is 7.36. The minimum Gasteiger partial charge on any atom is -0.493 e. The number of nitrogens with zero attached hydrogens (tertiary/aromatic N) is 1. The molecule has 1 fully saturated rings. The van der Waals surface area contributed by atoms with Gasteiger partial charge in [0.05, 0.1) is 6.61 Å². The van der Waals surface area contributed by atoms with Crippen LogP contribution in [-0.4, -0.2) is 35.7 Å². The molecule has 1 saturated heterocycles. The predicted octanol–water partition coefficient (Wildman–Crippen LogP) is 3.15. The first-order valence-electron chi connectivity index (χ1n) is 8.35. The number of benzene rings is 2. The van der Waals surface area contributed by atoms with Gasteiger partial charge in [0.15, 0.2) is 5.54 Å². The van der Waals surface area contributed by atoms with Crippen LogP contribution < -0.4 is 10.1 Å². The fourth-order valence-electron chi connectivity index (χ4n) is 3.36. The molecule has 1 spiro atoms. The van der Waals surface area contributed by atoms with Gasteiger partial charge in [-0.3, -0.25) is 9.69 Å². The maximum absolute atomic E-state index is 13.1. The standard InChI is InChI=1S/C19H17FN2O3S/c20-13-5-7-14(8-6-13)26-12-10-22-17(23)19(21-18(22)24)9-11-25-16-4-2-1-3-15(16)19/h1-8H,9-12H2,(H,21,24). The van der Waals surface area contributed by atoms with Gasteiger partial charge in [0.2, 0.25) is 0 Å². The van der Waals surface area contributed by atoms with E-state index >= 15 is 0 Å². The van der Waals surface area contributed by atoms with E-state index < -0.39 is 5.54 Å². The van der Waals surface area contributed by atoms with Crippen LogP contribution in [0.1, 0.15) is 12.0 Å². The fourth-order valence-corrected chi connectivity index (χ4v) is 4.20. The lowest BCUT2D eigenvalue weighted by molar-refractivity contribution is -0.132. The van der Waals surface area contributed by atoms with Crippen molar-refractivity contribution in [1.82, 2.24) is 10.2 Å². The third kappa shape index (κ3) is 2.82. The highest BCUT2D eigenvalue weighted by molar-refractivity contribution is 7.99. The number of imide groups is 1. The fraction of sp³-hybridized carbons (Fsp3) is 0.263. The van der Waals surface area contributed by atoms with Gasteiger partial charge < -0.3 is 10.1 Å². The Morgan fingerprint density at radius 1 is 1.15 bits per heavy atom. The third-order valence-corrected chi connectivity index (χ3v) is 5.65. The van der Waals surface area contributed by atoms with E-state index in [1.165, 1.54) is 28.8 Å². The summed E-state index contributed by atoms with van der Waals surface area (Å²) >= 11 is 1.48. The molecule has 0 aromatic heterocycles. The molecule has 2 heterocycles. The molecule has 2 aliphatic heterocycles. The van der Waals surface area contributed by atoms with E-state index in [4.69, 9.17) is 4.74 Å². The van der Waals surface area contributed by atoms with Crippen molar-refractivity contribution in [2.24, 2.45) is 0 Å². The average Bonchev–Trinajstić information content (AvgIpc) is 2.88. The van der Waals surface area contributed by atoms with Gasteiger partial charge in [0.25, 0.3) is 5.91 Å². The summed E-state index contributed by atoms with van der Waals surface area (Å²) in [7, 11) is 0. The zero-order chi connectivity index (χ0) is 18.1. The lowest BCUT2D eigenvalue weighted by Gasteiger charge is -2.33. The van der Waals surface area contributed by atoms with Gasteiger partial charge in [-0.1, -0.05) is 18.2 Å². The Hall–Kier alpha value is -2.54. The zero-order valence-corrected chi connectivity index (χ0v) is 14.7. The van der Waals surface area contributed by atoms with Crippen molar-refractivity contribution in [1.29, 1.82) is 0 Å². The van der Waals surface area contributed by atoms with Gasteiger partial charge in [0, 0.05) is 29.2 Å². The van der Waals surface area contributed by atoms with Crippen LogP contribution in [0.3, 0.4) is 0 Å². The minimum atomic E-state index is -1.04. The van der Waals surface area contributed by atoms with Crippen LogP contribution in [0.5, 0.6) is 5.75 Å². The first-order valence-corrected chi connectivity index (χ1v) is 9.33. The Bertz CT molecular complexity index is 858. The molecule has 0 bridgehead atoms. The number of para-hydroxylation sites is 1.